The van der Waals surface area contributed by atoms with Crippen LogP contribution in [0.15, 0.2) is 54.8 Å². The Hall–Kier alpha value is -2.30. The summed E-state index contributed by atoms with van der Waals surface area (Å²) in [6.07, 6.45) is 2.23. The highest BCUT2D eigenvalue weighted by Crippen LogP contribution is 2.54. The van der Waals surface area contributed by atoms with Crippen LogP contribution in [0.3, 0.4) is 0 Å². The third-order valence-corrected chi connectivity index (χ3v) is 4.35. The quantitative estimate of drug-likeness (QED) is 0.768. The fourth-order valence-corrected chi connectivity index (χ4v) is 2.91. The van der Waals surface area contributed by atoms with Crippen molar-refractivity contribution in [2.75, 3.05) is 0 Å². The standard InChI is InChI=1S/C19H21F2NO2/c1-12(2)5-6-13(3)22-14(4)18(9-10-18)15-7-8-16-17(11-15)24-19(20,21)23-16/h5-8,11,13,22H,1,4,9-10H2,2-3H3/b6-5-. The number of rotatable bonds is 6. The van der Waals surface area contributed by atoms with Gasteiger partial charge in [-0.2, -0.15) is 0 Å². The van der Waals surface area contributed by atoms with Crippen molar-refractivity contribution >= 4 is 0 Å². The van der Waals surface area contributed by atoms with Gasteiger partial charge >= 0.3 is 6.29 Å². The van der Waals surface area contributed by atoms with Crippen molar-refractivity contribution in [1.82, 2.24) is 5.32 Å². The van der Waals surface area contributed by atoms with Crippen molar-refractivity contribution in [2.45, 2.75) is 44.4 Å². The van der Waals surface area contributed by atoms with Gasteiger partial charge in [0.15, 0.2) is 11.5 Å². The molecule has 1 unspecified atom stereocenters. The van der Waals surface area contributed by atoms with Crippen LogP contribution in [0.5, 0.6) is 11.5 Å². The Labute approximate surface area is 140 Å². The normalized spacial score (nSPS) is 20.7. The van der Waals surface area contributed by atoms with Crippen molar-refractivity contribution in [2.24, 2.45) is 0 Å². The second kappa shape index (κ2) is 5.65. The van der Waals surface area contributed by atoms with Gasteiger partial charge in [0.25, 0.3) is 0 Å². The molecule has 24 heavy (non-hydrogen) atoms. The number of fused-ring (bicyclic) bond motifs is 1. The lowest BCUT2D eigenvalue weighted by molar-refractivity contribution is -0.286. The van der Waals surface area contributed by atoms with E-state index in [1.165, 1.54) is 6.07 Å². The molecule has 1 aromatic rings. The van der Waals surface area contributed by atoms with Crippen molar-refractivity contribution < 1.29 is 18.3 Å². The van der Waals surface area contributed by atoms with Crippen LogP contribution < -0.4 is 14.8 Å². The predicted molar refractivity (Wildman–Crippen MR) is 89.2 cm³/mol. The minimum Gasteiger partial charge on any atom is -0.395 e. The number of nitrogens with one attached hydrogen (secondary N) is 1. The van der Waals surface area contributed by atoms with E-state index >= 15 is 0 Å². The van der Waals surface area contributed by atoms with Gasteiger partial charge in [-0.1, -0.05) is 36.9 Å². The lowest BCUT2D eigenvalue weighted by Crippen LogP contribution is -2.29. The van der Waals surface area contributed by atoms with Crippen LogP contribution in [-0.2, 0) is 5.41 Å². The lowest BCUT2D eigenvalue weighted by atomic mass is 9.92. The van der Waals surface area contributed by atoms with Crippen LogP contribution >= 0.6 is 0 Å². The fourth-order valence-electron chi connectivity index (χ4n) is 2.91. The van der Waals surface area contributed by atoms with Gasteiger partial charge in [-0.3, -0.25) is 0 Å². The monoisotopic (exact) mass is 333 g/mol. The molecule has 1 aliphatic carbocycles. The molecular weight excluding hydrogens is 312 g/mol. The van der Waals surface area contributed by atoms with Crippen molar-refractivity contribution in [1.29, 1.82) is 0 Å². The molecule has 0 radical (unpaired) electrons. The third-order valence-electron chi connectivity index (χ3n) is 4.35. The van der Waals surface area contributed by atoms with E-state index in [9.17, 15) is 8.78 Å². The maximum Gasteiger partial charge on any atom is 0.586 e. The van der Waals surface area contributed by atoms with Crippen LogP contribution in [0.25, 0.3) is 0 Å². The molecule has 3 nitrogen and oxygen atoms in total. The molecule has 1 aromatic carbocycles. The van der Waals surface area contributed by atoms with Gasteiger partial charge in [-0.25, -0.2) is 0 Å². The predicted octanol–water partition coefficient (Wildman–Crippen LogP) is 4.66. The van der Waals surface area contributed by atoms with E-state index in [0.717, 1.165) is 29.7 Å². The third kappa shape index (κ3) is 3.16. The minimum atomic E-state index is -3.59. The first-order chi connectivity index (χ1) is 11.2. The van der Waals surface area contributed by atoms with Crippen molar-refractivity contribution in [3.8, 4) is 11.5 Å². The summed E-state index contributed by atoms with van der Waals surface area (Å²) >= 11 is 0. The van der Waals surface area contributed by atoms with Gasteiger partial charge in [0.1, 0.15) is 0 Å². The molecule has 1 fully saturated rings. The Bertz CT molecular complexity index is 720. The highest BCUT2D eigenvalue weighted by Gasteiger charge is 2.49. The van der Waals surface area contributed by atoms with Crippen LogP contribution in [0.4, 0.5) is 8.78 Å². The van der Waals surface area contributed by atoms with E-state index in [4.69, 9.17) is 0 Å². The highest BCUT2D eigenvalue weighted by atomic mass is 19.3. The van der Waals surface area contributed by atoms with Gasteiger partial charge in [0, 0.05) is 17.2 Å². The molecule has 1 aliphatic heterocycles. The van der Waals surface area contributed by atoms with E-state index in [1.807, 2.05) is 26.0 Å². The van der Waals surface area contributed by atoms with Gasteiger partial charge < -0.3 is 14.8 Å². The SMILES string of the molecule is C=C(C)/C=C\C(C)NC(=C)C1(c2ccc3c(c2)OC(F)(F)O3)CC1. The summed E-state index contributed by atoms with van der Waals surface area (Å²) in [6, 6.07) is 5.07. The summed E-state index contributed by atoms with van der Waals surface area (Å²) in [5, 5.41) is 3.38. The molecule has 128 valence electrons. The number of hydrogen-bond acceptors (Lipinski definition) is 3. The molecule has 0 saturated heterocycles. The fraction of sp³-hybridized carbons (Fsp3) is 0.368. The summed E-state index contributed by atoms with van der Waals surface area (Å²) in [5.74, 6) is 0.141. The molecular formula is C19H21F2NO2. The van der Waals surface area contributed by atoms with Gasteiger partial charge in [-0.15, -0.1) is 8.78 Å². The number of hydrogen-bond donors (Lipinski definition) is 1. The zero-order chi connectivity index (χ0) is 17.5. The zero-order valence-electron chi connectivity index (χ0n) is 13.9. The van der Waals surface area contributed by atoms with E-state index in [-0.39, 0.29) is 23.0 Å². The zero-order valence-corrected chi connectivity index (χ0v) is 13.9. The van der Waals surface area contributed by atoms with Gasteiger partial charge in [0.2, 0.25) is 0 Å². The number of ether oxygens (including phenoxy) is 2. The Morgan fingerprint density at radius 3 is 2.54 bits per heavy atom. The maximum atomic E-state index is 13.2. The number of benzene rings is 1. The molecule has 0 bridgehead atoms. The van der Waals surface area contributed by atoms with Crippen LogP contribution in [0.1, 0.15) is 32.3 Å². The van der Waals surface area contributed by atoms with Crippen LogP contribution in [0, 0.1) is 0 Å². The maximum absolute atomic E-state index is 13.2. The summed E-state index contributed by atoms with van der Waals surface area (Å²) in [4.78, 5) is 0. The molecule has 2 aliphatic rings. The summed E-state index contributed by atoms with van der Waals surface area (Å²) in [7, 11) is 0. The number of allylic oxidation sites excluding steroid dienone is 3. The average molecular weight is 333 g/mol. The Morgan fingerprint density at radius 2 is 1.92 bits per heavy atom. The summed E-state index contributed by atoms with van der Waals surface area (Å²) in [6.45, 7) is 12.0. The molecule has 1 N–H and O–H groups in total. The van der Waals surface area contributed by atoms with Gasteiger partial charge in [0.05, 0.1) is 0 Å². The van der Waals surface area contributed by atoms with Crippen molar-refractivity contribution in [3.63, 3.8) is 0 Å². The summed E-state index contributed by atoms with van der Waals surface area (Å²) in [5.41, 5.74) is 2.54. The Kier molecular flexibility index (Phi) is 3.90. The first kappa shape index (κ1) is 16.6. The topological polar surface area (TPSA) is 30.5 Å². The molecule has 1 heterocycles. The second-order valence-electron chi connectivity index (χ2n) is 6.53. The Morgan fingerprint density at radius 1 is 1.25 bits per heavy atom. The summed E-state index contributed by atoms with van der Waals surface area (Å²) < 4.78 is 35.4. The van der Waals surface area contributed by atoms with Gasteiger partial charge in [-0.05, 0) is 44.4 Å². The lowest BCUT2D eigenvalue weighted by Gasteiger charge is -2.23. The number of alkyl halides is 2. The Balaban J connectivity index is 1.75. The molecule has 5 heteroatoms. The van der Waals surface area contributed by atoms with E-state index < -0.39 is 6.29 Å². The van der Waals surface area contributed by atoms with Crippen LogP contribution in [-0.4, -0.2) is 12.3 Å². The highest BCUT2D eigenvalue weighted by molar-refractivity contribution is 5.51. The molecule has 1 saturated carbocycles. The van der Waals surface area contributed by atoms with Crippen molar-refractivity contribution in [3.05, 3.63) is 60.3 Å². The van der Waals surface area contributed by atoms with Crippen LogP contribution in [0.2, 0.25) is 0 Å². The average Bonchev–Trinajstić information content (AvgIpc) is 3.22. The minimum absolute atomic E-state index is 0.0656. The largest absolute Gasteiger partial charge is 0.586 e. The molecule has 1 atom stereocenters. The van der Waals surface area contributed by atoms with E-state index in [2.05, 4.69) is 27.9 Å². The number of halogens is 2. The second-order valence-corrected chi connectivity index (χ2v) is 6.53. The van der Waals surface area contributed by atoms with E-state index in [0.29, 0.717) is 0 Å². The first-order valence-electron chi connectivity index (χ1n) is 7.92. The smallest absolute Gasteiger partial charge is 0.395 e. The molecule has 0 aromatic heterocycles. The first-order valence-corrected chi connectivity index (χ1v) is 7.92. The molecule has 3 rings (SSSR count). The van der Waals surface area contributed by atoms with E-state index in [1.54, 1.807) is 12.1 Å². The molecule has 0 amide bonds. The molecule has 0 spiro atoms.